The van der Waals surface area contributed by atoms with E-state index in [0.29, 0.717) is 29.1 Å². The van der Waals surface area contributed by atoms with Crippen LogP contribution in [-0.2, 0) is 9.59 Å². The first kappa shape index (κ1) is 22.4. The molecule has 8 nitrogen and oxygen atoms in total. The number of nitrogens with zero attached hydrogens (tertiary/aromatic N) is 2. The number of carboxylic acid groups (broad SMARTS) is 2. The van der Waals surface area contributed by atoms with Crippen molar-refractivity contribution in [2.24, 2.45) is 11.8 Å². The van der Waals surface area contributed by atoms with Crippen molar-refractivity contribution >= 4 is 36.2 Å². The lowest BCUT2D eigenvalue weighted by atomic mass is 9.78. The largest absolute Gasteiger partial charge is 0.481 e. The molecule has 9 heteroatoms. The Hall–Kier alpha value is -2.94. The van der Waals surface area contributed by atoms with Gasteiger partial charge in [0.2, 0.25) is 5.91 Å². The summed E-state index contributed by atoms with van der Waals surface area (Å²) in [4.78, 5) is 41.9. The third kappa shape index (κ3) is 6.28. The number of pyridine rings is 2. The van der Waals surface area contributed by atoms with Crippen LogP contribution in [0.3, 0.4) is 0 Å². The fourth-order valence-corrected chi connectivity index (χ4v) is 3.55. The molecule has 0 bridgehead atoms. The summed E-state index contributed by atoms with van der Waals surface area (Å²) >= 11 is 3.99. The van der Waals surface area contributed by atoms with Crippen LogP contribution in [0.5, 0.6) is 0 Å². The summed E-state index contributed by atoms with van der Waals surface area (Å²) < 4.78 is 0. The number of aromatic nitrogens is 2. The van der Waals surface area contributed by atoms with E-state index >= 15 is 0 Å². The zero-order valence-electron chi connectivity index (χ0n) is 15.9. The maximum absolute atomic E-state index is 12.1. The minimum absolute atomic E-state index is 0.177. The normalized spacial score (nSPS) is 18.1. The molecule has 2 aromatic heterocycles. The SMILES string of the molecule is Cc1nccc(S)c1C(=O)O.O=C(O)C1CCCCC1C(=O)Nc1cccnc1. The van der Waals surface area contributed by atoms with Crippen LogP contribution in [0.1, 0.15) is 41.7 Å². The number of amides is 1. The molecule has 3 rings (SSSR count). The third-order valence-electron chi connectivity index (χ3n) is 4.68. The van der Waals surface area contributed by atoms with Crippen molar-refractivity contribution in [1.82, 2.24) is 9.97 Å². The molecule has 2 unspecified atom stereocenters. The lowest BCUT2D eigenvalue weighted by Crippen LogP contribution is -2.36. The van der Waals surface area contributed by atoms with Gasteiger partial charge in [-0.1, -0.05) is 12.8 Å². The summed E-state index contributed by atoms with van der Waals surface area (Å²) in [6.45, 7) is 1.64. The maximum atomic E-state index is 12.1. The second-order valence-corrected chi connectivity index (χ2v) is 7.14. The van der Waals surface area contributed by atoms with Crippen LogP contribution in [-0.4, -0.2) is 38.0 Å². The lowest BCUT2D eigenvalue weighted by molar-refractivity contribution is -0.147. The summed E-state index contributed by atoms with van der Waals surface area (Å²) in [5.74, 6) is -3.07. The molecule has 2 atom stereocenters. The van der Waals surface area contributed by atoms with E-state index in [2.05, 4.69) is 27.9 Å². The number of carboxylic acids is 2. The Balaban J connectivity index is 0.000000234. The van der Waals surface area contributed by atoms with E-state index in [4.69, 9.17) is 10.2 Å². The highest BCUT2D eigenvalue weighted by molar-refractivity contribution is 7.80. The van der Waals surface area contributed by atoms with E-state index in [0.717, 1.165) is 12.8 Å². The number of carbonyl (C=O) groups is 3. The summed E-state index contributed by atoms with van der Waals surface area (Å²) in [5.41, 5.74) is 1.28. The van der Waals surface area contributed by atoms with E-state index in [1.807, 2.05) is 0 Å². The Labute approximate surface area is 173 Å². The van der Waals surface area contributed by atoms with Crippen molar-refractivity contribution in [2.45, 2.75) is 37.5 Å². The first-order valence-corrected chi connectivity index (χ1v) is 9.57. The quantitative estimate of drug-likeness (QED) is 0.562. The van der Waals surface area contributed by atoms with Gasteiger partial charge < -0.3 is 15.5 Å². The van der Waals surface area contributed by atoms with Crippen LogP contribution in [0.25, 0.3) is 0 Å². The monoisotopic (exact) mass is 417 g/mol. The molecule has 2 aromatic rings. The topological polar surface area (TPSA) is 129 Å². The molecular formula is C20H23N3O5S. The Morgan fingerprint density at radius 2 is 1.79 bits per heavy atom. The van der Waals surface area contributed by atoms with Crippen molar-refractivity contribution in [3.05, 3.63) is 48.0 Å². The highest BCUT2D eigenvalue weighted by atomic mass is 32.1. The second-order valence-electron chi connectivity index (χ2n) is 6.66. The molecule has 3 N–H and O–H groups in total. The molecule has 0 aromatic carbocycles. The maximum Gasteiger partial charge on any atom is 0.338 e. The van der Waals surface area contributed by atoms with E-state index in [1.54, 1.807) is 37.5 Å². The molecule has 1 fully saturated rings. The number of aliphatic carboxylic acids is 1. The minimum Gasteiger partial charge on any atom is -0.481 e. The molecule has 0 aliphatic heterocycles. The van der Waals surface area contributed by atoms with Gasteiger partial charge in [-0.15, -0.1) is 12.6 Å². The Bertz CT molecular complexity index is 855. The number of hydrogen-bond acceptors (Lipinski definition) is 6. The first-order valence-electron chi connectivity index (χ1n) is 9.12. The van der Waals surface area contributed by atoms with Crippen molar-refractivity contribution in [3.63, 3.8) is 0 Å². The molecule has 29 heavy (non-hydrogen) atoms. The second kappa shape index (κ2) is 10.6. The summed E-state index contributed by atoms with van der Waals surface area (Å²) in [6.07, 6.45) is 7.73. The van der Waals surface area contributed by atoms with Gasteiger partial charge in [-0.05, 0) is 38.0 Å². The number of thiol groups is 1. The number of aryl methyl sites for hydroxylation is 1. The van der Waals surface area contributed by atoms with Crippen molar-refractivity contribution in [3.8, 4) is 0 Å². The molecule has 1 aliphatic carbocycles. The van der Waals surface area contributed by atoms with Crippen LogP contribution < -0.4 is 5.32 Å². The fraction of sp³-hybridized carbons (Fsp3) is 0.350. The lowest BCUT2D eigenvalue weighted by Gasteiger charge is -2.27. The van der Waals surface area contributed by atoms with Crippen molar-refractivity contribution < 1.29 is 24.6 Å². The van der Waals surface area contributed by atoms with Gasteiger partial charge in [0.25, 0.3) is 0 Å². The predicted octanol–water partition coefficient (Wildman–Crippen LogP) is 3.29. The average molecular weight is 417 g/mol. The van der Waals surface area contributed by atoms with Gasteiger partial charge in [0.15, 0.2) is 0 Å². The van der Waals surface area contributed by atoms with Crippen LogP contribution >= 0.6 is 12.6 Å². The molecule has 1 aliphatic rings. The zero-order valence-corrected chi connectivity index (χ0v) is 16.8. The molecule has 2 heterocycles. The van der Waals surface area contributed by atoms with E-state index in [1.165, 1.54) is 6.20 Å². The molecule has 1 saturated carbocycles. The molecule has 154 valence electrons. The van der Waals surface area contributed by atoms with Gasteiger partial charge in [-0.2, -0.15) is 0 Å². The van der Waals surface area contributed by atoms with Gasteiger partial charge in [-0.25, -0.2) is 4.79 Å². The smallest absolute Gasteiger partial charge is 0.338 e. The first-order chi connectivity index (χ1) is 13.8. The number of hydrogen-bond donors (Lipinski definition) is 4. The molecule has 0 radical (unpaired) electrons. The van der Waals surface area contributed by atoms with Gasteiger partial charge in [0, 0.05) is 17.3 Å². The Morgan fingerprint density at radius 1 is 1.10 bits per heavy atom. The number of carbonyl (C=O) groups excluding carboxylic acids is 1. The average Bonchev–Trinajstić information content (AvgIpc) is 2.69. The number of rotatable bonds is 4. The highest BCUT2D eigenvalue weighted by Crippen LogP contribution is 2.31. The van der Waals surface area contributed by atoms with Gasteiger partial charge in [0.05, 0.1) is 35.0 Å². The zero-order chi connectivity index (χ0) is 21.4. The van der Waals surface area contributed by atoms with Crippen LogP contribution in [0, 0.1) is 18.8 Å². The summed E-state index contributed by atoms with van der Waals surface area (Å²) in [7, 11) is 0. The van der Waals surface area contributed by atoms with Gasteiger partial charge in [0.1, 0.15) is 0 Å². The van der Waals surface area contributed by atoms with E-state index in [9.17, 15) is 14.4 Å². The van der Waals surface area contributed by atoms with Crippen LogP contribution in [0.15, 0.2) is 41.7 Å². The van der Waals surface area contributed by atoms with Crippen LogP contribution in [0.2, 0.25) is 0 Å². The summed E-state index contributed by atoms with van der Waals surface area (Å²) in [6, 6.07) is 5.02. The molecule has 0 spiro atoms. The highest BCUT2D eigenvalue weighted by Gasteiger charge is 2.35. The molecule has 0 saturated heterocycles. The Kier molecular flexibility index (Phi) is 8.14. The standard InChI is InChI=1S/C13H16N2O3.C7H7NO2S/c16-12(15-9-4-3-7-14-8-9)10-5-1-2-6-11(10)13(17)18;1-4-6(7(9)10)5(11)2-3-8-4/h3-4,7-8,10-11H,1-2,5-6H2,(H,15,16)(H,17,18);2-3H,1H3,(H,8,11)(H,9,10). The van der Waals surface area contributed by atoms with Crippen molar-refractivity contribution in [2.75, 3.05) is 5.32 Å². The number of nitrogens with one attached hydrogen (secondary N) is 1. The third-order valence-corrected chi connectivity index (χ3v) is 5.05. The Morgan fingerprint density at radius 3 is 2.31 bits per heavy atom. The predicted molar refractivity (Wildman–Crippen MR) is 109 cm³/mol. The van der Waals surface area contributed by atoms with E-state index < -0.39 is 23.8 Å². The molecule has 1 amide bonds. The number of aromatic carboxylic acids is 1. The van der Waals surface area contributed by atoms with Gasteiger partial charge in [-0.3, -0.25) is 19.6 Å². The number of anilines is 1. The molecular weight excluding hydrogens is 394 g/mol. The summed E-state index contributed by atoms with van der Waals surface area (Å²) in [5, 5.41) is 20.5. The van der Waals surface area contributed by atoms with E-state index in [-0.39, 0.29) is 11.5 Å². The van der Waals surface area contributed by atoms with Crippen LogP contribution in [0.4, 0.5) is 5.69 Å². The van der Waals surface area contributed by atoms with Crippen molar-refractivity contribution in [1.29, 1.82) is 0 Å². The minimum atomic E-state index is -0.986. The fourth-order valence-electron chi connectivity index (χ4n) is 3.23. The van der Waals surface area contributed by atoms with Gasteiger partial charge >= 0.3 is 11.9 Å².